The molecule has 1 amide bonds. The van der Waals surface area contributed by atoms with Crippen LogP contribution in [0.15, 0.2) is 12.3 Å². The highest BCUT2D eigenvalue weighted by Crippen LogP contribution is 2.17. The van der Waals surface area contributed by atoms with Gasteiger partial charge in [-0.2, -0.15) is 0 Å². The maximum absolute atomic E-state index is 11.3. The van der Waals surface area contributed by atoms with Gasteiger partial charge in [0.15, 0.2) is 0 Å². The number of alkyl halides is 1. The summed E-state index contributed by atoms with van der Waals surface area (Å²) in [6.45, 7) is 8.55. The van der Waals surface area contributed by atoms with Crippen molar-refractivity contribution in [2.45, 2.75) is 51.3 Å². The number of amides is 1. The summed E-state index contributed by atoms with van der Waals surface area (Å²) in [4.78, 5) is 20.1. The van der Waals surface area contributed by atoms with Crippen molar-refractivity contribution in [3.8, 4) is 0 Å². The fraction of sp³-hybridized carbons (Fsp3) is 0.643. The van der Waals surface area contributed by atoms with Gasteiger partial charge >= 0.3 is 0 Å². The van der Waals surface area contributed by atoms with E-state index in [0.717, 1.165) is 24.4 Å². The fourth-order valence-electron chi connectivity index (χ4n) is 1.52. The molecule has 0 aliphatic heterocycles. The Kier molecular flexibility index (Phi) is 5.73. The van der Waals surface area contributed by atoms with Gasteiger partial charge in [-0.25, -0.2) is 9.97 Å². The van der Waals surface area contributed by atoms with Crippen LogP contribution in [0.5, 0.6) is 0 Å². The summed E-state index contributed by atoms with van der Waals surface area (Å²) in [6.07, 6.45) is 3.46. The minimum Gasteiger partial charge on any atom is -0.355 e. The minimum atomic E-state index is -0.480. The van der Waals surface area contributed by atoms with Crippen molar-refractivity contribution in [2.75, 3.05) is 6.54 Å². The second-order valence-electron chi connectivity index (χ2n) is 5.63. The van der Waals surface area contributed by atoms with Crippen LogP contribution in [0.2, 0.25) is 0 Å². The lowest BCUT2D eigenvalue weighted by molar-refractivity contribution is -0.120. The lowest BCUT2D eigenvalue weighted by Crippen LogP contribution is -2.30. The molecule has 1 unspecified atom stereocenters. The monoisotopic (exact) mass is 283 g/mol. The van der Waals surface area contributed by atoms with Gasteiger partial charge in [-0.05, 0) is 25.8 Å². The Morgan fingerprint density at radius 2 is 2.16 bits per heavy atom. The Morgan fingerprint density at radius 1 is 1.47 bits per heavy atom. The van der Waals surface area contributed by atoms with Crippen LogP contribution in [0.3, 0.4) is 0 Å². The van der Waals surface area contributed by atoms with Crippen molar-refractivity contribution in [3.05, 3.63) is 23.8 Å². The van der Waals surface area contributed by atoms with Gasteiger partial charge in [0.2, 0.25) is 5.91 Å². The van der Waals surface area contributed by atoms with Crippen molar-refractivity contribution in [3.63, 3.8) is 0 Å². The quantitative estimate of drug-likeness (QED) is 0.667. The molecule has 0 aromatic carbocycles. The summed E-state index contributed by atoms with van der Waals surface area (Å²) in [6, 6.07) is 1.92. The summed E-state index contributed by atoms with van der Waals surface area (Å²) < 4.78 is 0. The predicted molar refractivity (Wildman–Crippen MR) is 77.4 cm³/mol. The lowest BCUT2D eigenvalue weighted by Gasteiger charge is -2.16. The SMILES string of the molecule is CC(Cl)C(=O)NCCCc1ccnc(C(C)(C)C)n1. The topological polar surface area (TPSA) is 54.9 Å². The predicted octanol–water partition coefficient (Wildman–Crippen LogP) is 2.45. The van der Waals surface area contributed by atoms with E-state index in [1.807, 2.05) is 6.07 Å². The van der Waals surface area contributed by atoms with E-state index in [4.69, 9.17) is 11.6 Å². The first-order valence-electron chi connectivity index (χ1n) is 6.55. The van der Waals surface area contributed by atoms with E-state index in [1.54, 1.807) is 13.1 Å². The van der Waals surface area contributed by atoms with Gasteiger partial charge in [0, 0.05) is 23.9 Å². The minimum absolute atomic E-state index is 0.0434. The number of nitrogens with one attached hydrogen (secondary N) is 1. The number of nitrogens with zero attached hydrogens (tertiary/aromatic N) is 2. The van der Waals surface area contributed by atoms with Gasteiger partial charge in [0.05, 0.1) is 0 Å². The maximum Gasteiger partial charge on any atom is 0.237 e. The number of carbonyl (C=O) groups is 1. The molecule has 0 saturated carbocycles. The van der Waals surface area contributed by atoms with E-state index < -0.39 is 5.38 Å². The molecule has 1 aromatic heterocycles. The van der Waals surface area contributed by atoms with Crippen molar-refractivity contribution in [1.29, 1.82) is 0 Å². The van der Waals surface area contributed by atoms with Crippen LogP contribution >= 0.6 is 11.6 Å². The Hall–Kier alpha value is -1.16. The average molecular weight is 284 g/mol. The molecule has 1 rings (SSSR count). The number of carbonyl (C=O) groups excluding carboxylic acids is 1. The number of hydrogen-bond acceptors (Lipinski definition) is 3. The van der Waals surface area contributed by atoms with Gasteiger partial charge in [0.25, 0.3) is 0 Å². The number of aromatic nitrogens is 2. The van der Waals surface area contributed by atoms with E-state index in [2.05, 4.69) is 36.1 Å². The smallest absolute Gasteiger partial charge is 0.237 e. The Bertz CT molecular complexity index is 427. The number of aryl methyl sites for hydroxylation is 1. The Balaban J connectivity index is 2.44. The standard InChI is InChI=1S/C14H22ClN3O/c1-10(15)12(19)16-8-5-6-11-7-9-17-13(18-11)14(2,3)4/h7,9-10H,5-6,8H2,1-4H3,(H,16,19). The molecule has 0 aliphatic carbocycles. The molecule has 106 valence electrons. The normalized spacial score (nSPS) is 13.1. The zero-order valence-corrected chi connectivity index (χ0v) is 12.8. The third kappa shape index (κ3) is 5.55. The van der Waals surface area contributed by atoms with Crippen molar-refractivity contribution >= 4 is 17.5 Å². The summed E-state index contributed by atoms with van der Waals surface area (Å²) in [5, 5.41) is 2.30. The summed E-state index contributed by atoms with van der Waals surface area (Å²) in [5.41, 5.74) is 0.964. The lowest BCUT2D eigenvalue weighted by atomic mass is 9.95. The largest absolute Gasteiger partial charge is 0.355 e. The van der Waals surface area contributed by atoms with Crippen LogP contribution in [0.4, 0.5) is 0 Å². The van der Waals surface area contributed by atoms with E-state index in [0.29, 0.717) is 6.54 Å². The summed E-state index contributed by atoms with van der Waals surface area (Å²) in [7, 11) is 0. The van der Waals surface area contributed by atoms with Crippen molar-refractivity contribution in [2.24, 2.45) is 0 Å². The molecule has 19 heavy (non-hydrogen) atoms. The molecule has 0 bridgehead atoms. The van der Waals surface area contributed by atoms with E-state index in [-0.39, 0.29) is 11.3 Å². The molecule has 1 N–H and O–H groups in total. The van der Waals surface area contributed by atoms with E-state index >= 15 is 0 Å². The van der Waals surface area contributed by atoms with Gasteiger partial charge < -0.3 is 5.32 Å². The first-order chi connectivity index (χ1) is 8.80. The van der Waals surface area contributed by atoms with Gasteiger partial charge in [-0.3, -0.25) is 4.79 Å². The van der Waals surface area contributed by atoms with Gasteiger partial charge in [0.1, 0.15) is 11.2 Å². The number of rotatable bonds is 5. The zero-order valence-electron chi connectivity index (χ0n) is 12.0. The third-order valence-corrected chi connectivity index (χ3v) is 2.85. The first-order valence-corrected chi connectivity index (χ1v) is 6.98. The molecule has 0 fully saturated rings. The fourth-order valence-corrected chi connectivity index (χ4v) is 1.60. The molecular weight excluding hydrogens is 262 g/mol. The number of halogens is 1. The highest BCUT2D eigenvalue weighted by molar-refractivity contribution is 6.30. The summed E-state index contributed by atoms with van der Waals surface area (Å²) >= 11 is 5.66. The molecule has 0 spiro atoms. The number of hydrogen-bond donors (Lipinski definition) is 1. The Morgan fingerprint density at radius 3 is 2.74 bits per heavy atom. The summed E-state index contributed by atoms with van der Waals surface area (Å²) in [5.74, 6) is 0.725. The molecule has 1 aromatic rings. The molecule has 1 atom stereocenters. The molecular formula is C14H22ClN3O. The van der Waals surface area contributed by atoms with Crippen LogP contribution in [-0.4, -0.2) is 27.8 Å². The highest BCUT2D eigenvalue weighted by Gasteiger charge is 2.17. The highest BCUT2D eigenvalue weighted by atomic mass is 35.5. The van der Waals surface area contributed by atoms with E-state index in [9.17, 15) is 4.79 Å². The second kappa shape index (κ2) is 6.85. The first kappa shape index (κ1) is 15.9. The second-order valence-corrected chi connectivity index (χ2v) is 6.29. The van der Waals surface area contributed by atoms with Gasteiger partial charge in [-0.15, -0.1) is 11.6 Å². The molecule has 0 saturated heterocycles. The van der Waals surface area contributed by atoms with Crippen LogP contribution < -0.4 is 5.32 Å². The van der Waals surface area contributed by atoms with Crippen LogP contribution in [-0.2, 0) is 16.6 Å². The zero-order chi connectivity index (χ0) is 14.5. The van der Waals surface area contributed by atoms with Crippen LogP contribution in [0.1, 0.15) is 45.6 Å². The van der Waals surface area contributed by atoms with Crippen molar-refractivity contribution < 1.29 is 4.79 Å². The van der Waals surface area contributed by atoms with Gasteiger partial charge in [-0.1, -0.05) is 20.8 Å². The van der Waals surface area contributed by atoms with E-state index in [1.165, 1.54) is 0 Å². The van der Waals surface area contributed by atoms with Crippen LogP contribution in [0.25, 0.3) is 0 Å². The maximum atomic E-state index is 11.3. The average Bonchev–Trinajstić information content (AvgIpc) is 2.33. The molecule has 4 nitrogen and oxygen atoms in total. The molecule has 5 heteroatoms. The molecule has 0 aliphatic rings. The van der Waals surface area contributed by atoms with Crippen molar-refractivity contribution in [1.82, 2.24) is 15.3 Å². The molecule has 0 radical (unpaired) electrons. The third-order valence-electron chi connectivity index (χ3n) is 2.65. The van der Waals surface area contributed by atoms with Crippen LogP contribution in [0, 0.1) is 0 Å². The Labute approximate surface area is 120 Å². The molecule has 1 heterocycles.